The van der Waals surface area contributed by atoms with Gasteiger partial charge in [0.25, 0.3) is 0 Å². The molecule has 2 aromatic carbocycles. The van der Waals surface area contributed by atoms with Gasteiger partial charge in [0.05, 0.1) is 18.8 Å². The third-order valence-electron chi connectivity index (χ3n) is 4.86. The van der Waals surface area contributed by atoms with Crippen LogP contribution in [0, 0.1) is 0 Å². The van der Waals surface area contributed by atoms with Gasteiger partial charge in [-0.3, -0.25) is 4.79 Å². The highest BCUT2D eigenvalue weighted by Crippen LogP contribution is 2.31. The molecule has 5 nitrogen and oxygen atoms in total. The van der Waals surface area contributed by atoms with E-state index in [0.717, 1.165) is 28.1 Å². The summed E-state index contributed by atoms with van der Waals surface area (Å²) in [5.74, 6) is 1.49. The molecule has 4 rings (SSSR count). The number of carbonyl (C=O) groups excluding carboxylic acids is 1. The fraction of sp³-hybridized carbons (Fsp3) is 0.217. The molecule has 6 heteroatoms. The zero-order chi connectivity index (χ0) is 20.2. The van der Waals surface area contributed by atoms with Gasteiger partial charge in [-0.05, 0) is 55.0 Å². The molecule has 0 fully saturated rings. The minimum absolute atomic E-state index is 0.0345. The zero-order valence-corrected chi connectivity index (χ0v) is 16.9. The summed E-state index contributed by atoms with van der Waals surface area (Å²) in [6.07, 6.45) is 4.10. The van der Waals surface area contributed by atoms with Crippen molar-refractivity contribution in [2.75, 3.05) is 13.2 Å². The van der Waals surface area contributed by atoms with Crippen LogP contribution in [0.1, 0.15) is 23.7 Å². The SMILES string of the molecule is CCOc1ccc(/C=C/C(=O)N2CCc3noc(-c4ccc(Cl)cc4)c3C2)cc1. The topological polar surface area (TPSA) is 55.6 Å². The van der Waals surface area contributed by atoms with Crippen LogP contribution in [0.25, 0.3) is 17.4 Å². The molecule has 0 atom stereocenters. The molecule has 3 aromatic rings. The second-order valence-electron chi connectivity index (χ2n) is 6.79. The number of carbonyl (C=O) groups is 1. The molecule has 0 unspecified atom stereocenters. The van der Waals surface area contributed by atoms with E-state index in [-0.39, 0.29) is 5.91 Å². The summed E-state index contributed by atoms with van der Waals surface area (Å²) in [5.41, 5.74) is 3.73. The monoisotopic (exact) mass is 408 g/mol. The average Bonchev–Trinajstić information content (AvgIpc) is 3.17. The van der Waals surface area contributed by atoms with Gasteiger partial charge >= 0.3 is 0 Å². The summed E-state index contributed by atoms with van der Waals surface area (Å²) in [7, 11) is 0. The first-order chi connectivity index (χ1) is 14.1. The van der Waals surface area contributed by atoms with E-state index in [9.17, 15) is 4.79 Å². The molecule has 1 aliphatic heterocycles. The smallest absolute Gasteiger partial charge is 0.246 e. The number of rotatable bonds is 5. The Kier molecular flexibility index (Phi) is 5.67. The molecule has 0 aliphatic carbocycles. The van der Waals surface area contributed by atoms with Crippen molar-refractivity contribution in [2.45, 2.75) is 19.9 Å². The number of ether oxygens (including phenoxy) is 1. The first-order valence-electron chi connectivity index (χ1n) is 9.57. The van der Waals surface area contributed by atoms with Crippen LogP contribution in [0.3, 0.4) is 0 Å². The van der Waals surface area contributed by atoms with Gasteiger partial charge in [0, 0.05) is 35.2 Å². The van der Waals surface area contributed by atoms with Gasteiger partial charge in [-0.2, -0.15) is 0 Å². The Morgan fingerprint density at radius 3 is 2.69 bits per heavy atom. The van der Waals surface area contributed by atoms with Crippen LogP contribution in [-0.2, 0) is 17.8 Å². The summed E-state index contributed by atoms with van der Waals surface area (Å²) in [4.78, 5) is 14.5. The first kappa shape index (κ1) is 19.3. The predicted molar refractivity (Wildman–Crippen MR) is 113 cm³/mol. The Balaban J connectivity index is 1.47. The van der Waals surface area contributed by atoms with E-state index in [4.69, 9.17) is 20.9 Å². The first-order valence-corrected chi connectivity index (χ1v) is 9.95. The number of hydrogen-bond acceptors (Lipinski definition) is 4. The lowest BCUT2D eigenvalue weighted by molar-refractivity contribution is -0.126. The molecule has 0 saturated heterocycles. The molecule has 0 saturated carbocycles. The van der Waals surface area contributed by atoms with Crippen molar-refractivity contribution >= 4 is 23.6 Å². The van der Waals surface area contributed by atoms with Gasteiger partial charge in [0.1, 0.15) is 5.75 Å². The Morgan fingerprint density at radius 1 is 1.21 bits per heavy atom. The van der Waals surface area contributed by atoms with Crippen LogP contribution < -0.4 is 4.74 Å². The van der Waals surface area contributed by atoms with Gasteiger partial charge in [-0.15, -0.1) is 0 Å². The molecule has 1 aromatic heterocycles. The molecule has 1 amide bonds. The van der Waals surface area contributed by atoms with Crippen molar-refractivity contribution in [2.24, 2.45) is 0 Å². The quantitative estimate of drug-likeness (QED) is 0.558. The number of hydrogen-bond donors (Lipinski definition) is 0. The minimum atomic E-state index is -0.0345. The van der Waals surface area contributed by atoms with Gasteiger partial charge in [0.2, 0.25) is 5.91 Å². The van der Waals surface area contributed by atoms with Crippen molar-refractivity contribution in [3.8, 4) is 17.1 Å². The van der Waals surface area contributed by atoms with Gasteiger partial charge in [-0.25, -0.2) is 0 Å². The van der Waals surface area contributed by atoms with E-state index >= 15 is 0 Å². The Hall–Kier alpha value is -3.05. The summed E-state index contributed by atoms with van der Waals surface area (Å²) < 4.78 is 11.0. The minimum Gasteiger partial charge on any atom is -0.494 e. The Labute approximate surface area is 174 Å². The van der Waals surface area contributed by atoms with Crippen LogP contribution in [0.15, 0.2) is 59.1 Å². The normalized spacial score (nSPS) is 13.5. The van der Waals surface area contributed by atoms with E-state index in [1.54, 1.807) is 6.08 Å². The largest absolute Gasteiger partial charge is 0.494 e. The summed E-state index contributed by atoms with van der Waals surface area (Å²) in [6, 6.07) is 15.1. The van der Waals surface area contributed by atoms with Crippen molar-refractivity contribution < 1.29 is 14.1 Å². The maximum atomic E-state index is 12.7. The third-order valence-corrected chi connectivity index (χ3v) is 5.12. The maximum absolute atomic E-state index is 12.7. The van der Waals surface area contributed by atoms with Crippen molar-refractivity contribution in [1.29, 1.82) is 0 Å². The van der Waals surface area contributed by atoms with Gasteiger partial charge in [0.15, 0.2) is 5.76 Å². The highest BCUT2D eigenvalue weighted by atomic mass is 35.5. The van der Waals surface area contributed by atoms with Gasteiger partial charge < -0.3 is 14.2 Å². The molecule has 29 heavy (non-hydrogen) atoms. The van der Waals surface area contributed by atoms with E-state index in [2.05, 4.69) is 5.16 Å². The second-order valence-corrected chi connectivity index (χ2v) is 7.23. The highest BCUT2D eigenvalue weighted by Gasteiger charge is 2.26. The van der Waals surface area contributed by atoms with Crippen LogP contribution in [0.5, 0.6) is 5.75 Å². The molecule has 1 aliphatic rings. The lowest BCUT2D eigenvalue weighted by Crippen LogP contribution is -2.34. The third kappa shape index (κ3) is 4.35. The van der Waals surface area contributed by atoms with Crippen LogP contribution >= 0.6 is 11.6 Å². The molecule has 0 bridgehead atoms. The predicted octanol–water partition coefficient (Wildman–Crippen LogP) is 4.99. The zero-order valence-electron chi connectivity index (χ0n) is 16.1. The number of benzene rings is 2. The molecular formula is C23H21ClN2O3. The van der Waals surface area contributed by atoms with Gasteiger partial charge in [-0.1, -0.05) is 28.9 Å². The molecule has 0 spiro atoms. The fourth-order valence-electron chi connectivity index (χ4n) is 3.34. The maximum Gasteiger partial charge on any atom is 0.246 e. The molecule has 0 N–H and O–H groups in total. The number of fused-ring (bicyclic) bond motifs is 1. The molecule has 0 radical (unpaired) electrons. The molecule has 148 valence electrons. The highest BCUT2D eigenvalue weighted by molar-refractivity contribution is 6.30. The summed E-state index contributed by atoms with van der Waals surface area (Å²) in [6.45, 7) is 3.67. The van der Waals surface area contributed by atoms with Crippen molar-refractivity contribution in [1.82, 2.24) is 10.1 Å². The molecular weight excluding hydrogens is 388 g/mol. The van der Waals surface area contributed by atoms with Crippen molar-refractivity contribution in [3.05, 3.63) is 76.5 Å². The van der Waals surface area contributed by atoms with Crippen molar-refractivity contribution in [3.63, 3.8) is 0 Å². The fourth-order valence-corrected chi connectivity index (χ4v) is 3.47. The van der Waals surface area contributed by atoms with E-state index in [1.807, 2.05) is 66.4 Å². The second kappa shape index (κ2) is 8.53. The van der Waals surface area contributed by atoms with E-state index < -0.39 is 0 Å². The average molecular weight is 409 g/mol. The lowest BCUT2D eigenvalue weighted by atomic mass is 10.0. The standard InChI is InChI=1S/C23H21ClN2O3/c1-2-28-19-10-3-16(4-11-19)5-12-22(27)26-14-13-21-20(15-26)23(29-25-21)17-6-8-18(24)9-7-17/h3-12H,2,13-15H2,1H3/b12-5+. The van der Waals surface area contributed by atoms with E-state index in [0.29, 0.717) is 36.9 Å². The Morgan fingerprint density at radius 2 is 1.97 bits per heavy atom. The lowest BCUT2D eigenvalue weighted by Gasteiger charge is -2.25. The number of nitrogens with zero attached hydrogens (tertiary/aromatic N) is 2. The molecule has 2 heterocycles. The van der Waals surface area contributed by atoms with Crippen LogP contribution in [-0.4, -0.2) is 29.1 Å². The number of amides is 1. The number of halogens is 1. The summed E-state index contributed by atoms with van der Waals surface area (Å²) in [5, 5.41) is 4.86. The van der Waals surface area contributed by atoms with E-state index in [1.165, 1.54) is 0 Å². The van der Waals surface area contributed by atoms with Crippen LogP contribution in [0.2, 0.25) is 5.02 Å². The van der Waals surface area contributed by atoms with Crippen LogP contribution in [0.4, 0.5) is 0 Å². The summed E-state index contributed by atoms with van der Waals surface area (Å²) >= 11 is 5.98. The number of aromatic nitrogens is 1. The Bertz CT molecular complexity index is 1020.